The zero-order chi connectivity index (χ0) is 37.5. The van der Waals surface area contributed by atoms with Crippen molar-refractivity contribution < 1.29 is 31.1 Å². The number of aromatic nitrogens is 5. The number of fused-ring (bicyclic) bond motifs is 1. The number of pyridine rings is 1. The number of benzene rings is 1. The molecule has 0 spiro atoms. The van der Waals surface area contributed by atoms with Crippen LogP contribution < -0.4 is 15.5 Å². The maximum atomic E-state index is 13.8. The molecule has 0 aliphatic heterocycles. The molecule has 3 heterocycles. The number of rotatable bonds is 11. The summed E-state index contributed by atoms with van der Waals surface area (Å²) in [4.78, 5) is 29.2. The number of hydrogen-bond acceptors (Lipinski definition) is 7. The van der Waals surface area contributed by atoms with E-state index in [0.717, 1.165) is 49.9 Å². The van der Waals surface area contributed by atoms with Crippen LogP contribution in [0.5, 0.6) is 0 Å². The van der Waals surface area contributed by atoms with E-state index >= 15 is 0 Å². The molecule has 6 rings (SSSR count). The molecule has 4 aromatic rings. The van der Waals surface area contributed by atoms with Gasteiger partial charge in [0.15, 0.2) is 5.65 Å². The Kier molecular flexibility index (Phi) is 10.6. The van der Waals surface area contributed by atoms with Gasteiger partial charge in [-0.2, -0.15) is 31.4 Å². The molecule has 0 bridgehead atoms. The molecule has 0 atom stereocenters. The Balaban J connectivity index is 0.00000248. The van der Waals surface area contributed by atoms with E-state index in [2.05, 4.69) is 14.9 Å². The van der Waals surface area contributed by atoms with Crippen LogP contribution in [0.15, 0.2) is 36.7 Å². The van der Waals surface area contributed by atoms with Gasteiger partial charge in [-0.3, -0.25) is 4.79 Å². The van der Waals surface area contributed by atoms with E-state index in [0.29, 0.717) is 41.0 Å². The van der Waals surface area contributed by atoms with Crippen LogP contribution >= 0.6 is 0 Å². The Morgan fingerprint density at radius 3 is 1.82 bits per heavy atom. The molecule has 2 aliphatic rings. The normalized spacial score (nSPS) is 15.1. The first-order valence-electron chi connectivity index (χ1n) is 17.2. The van der Waals surface area contributed by atoms with E-state index < -0.39 is 41.5 Å². The molecule has 2 fully saturated rings. The van der Waals surface area contributed by atoms with Crippen molar-refractivity contribution in [3.63, 3.8) is 0 Å². The first kappa shape index (κ1) is 37.8. The predicted octanol–water partition coefficient (Wildman–Crippen LogP) is 8.28. The molecule has 2 saturated carbocycles. The van der Waals surface area contributed by atoms with Crippen LogP contribution in [0.25, 0.3) is 11.0 Å². The van der Waals surface area contributed by atoms with Crippen LogP contribution in [0.2, 0.25) is 0 Å². The lowest BCUT2D eigenvalue weighted by Crippen LogP contribution is -2.32. The summed E-state index contributed by atoms with van der Waals surface area (Å²) < 4.78 is 84.8. The third kappa shape index (κ3) is 9.09. The second kappa shape index (κ2) is 14.3. The molecule has 2 N–H and O–H groups in total. The van der Waals surface area contributed by atoms with Gasteiger partial charge in [0.25, 0.3) is 5.91 Å². The van der Waals surface area contributed by atoms with Gasteiger partial charge in [0.1, 0.15) is 5.82 Å². The molecule has 0 unspecified atom stereocenters. The second-order valence-electron chi connectivity index (χ2n) is 14.2. The molecular weight excluding hydrogens is 674 g/mol. The number of hydrogen-bond donors (Lipinski definition) is 1. The number of carbonyl (C=O) groups excluding carboxylic acids is 1. The highest BCUT2D eigenvalue weighted by Crippen LogP contribution is 2.40. The molecule has 1 amide bonds. The lowest BCUT2D eigenvalue weighted by Gasteiger charge is -2.30. The number of nitrogens with two attached hydrogens (primary N) is 1. The van der Waals surface area contributed by atoms with Crippen molar-refractivity contribution in [2.24, 2.45) is 17.6 Å². The lowest BCUT2D eigenvalue weighted by molar-refractivity contribution is -0.143. The van der Waals surface area contributed by atoms with Crippen molar-refractivity contribution in [3.8, 4) is 0 Å². The molecular formula is C36H44F6N8O. The van der Waals surface area contributed by atoms with E-state index in [1.54, 1.807) is 0 Å². The summed E-state index contributed by atoms with van der Waals surface area (Å²) in [5.41, 5.74) is 3.99. The fraction of sp³-hybridized carbons (Fsp3) is 0.528. The van der Waals surface area contributed by atoms with Gasteiger partial charge < -0.3 is 15.5 Å². The fourth-order valence-corrected chi connectivity index (χ4v) is 5.89. The third-order valence-electron chi connectivity index (χ3n) is 8.77. The molecule has 1 aromatic carbocycles. The minimum Gasteiger partial charge on any atom is -0.366 e. The number of halogens is 6. The summed E-state index contributed by atoms with van der Waals surface area (Å²) in [6.45, 7) is 13.1. The minimum absolute atomic E-state index is 0.00355. The van der Waals surface area contributed by atoms with Crippen LogP contribution in [0.4, 0.5) is 38.1 Å². The summed E-state index contributed by atoms with van der Waals surface area (Å²) in [7, 11) is 0. The van der Waals surface area contributed by atoms with Crippen molar-refractivity contribution in [1.29, 1.82) is 0 Å². The Hall–Kier alpha value is -4.43. The van der Waals surface area contributed by atoms with Crippen molar-refractivity contribution in [2.45, 2.75) is 98.2 Å². The molecule has 51 heavy (non-hydrogen) atoms. The average Bonchev–Trinajstić information content (AvgIpc) is 4.00. The highest BCUT2D eigenvalue weighted by molar-refractivity contribution is 5.92. The maximum absolute atomic E-state index is 13.8. The highest BCUT2D eigenvalue weighted by atomic mass is 19.4. The van der Waals surface area contributed by atoms with E-state index in [-0.39, 0.29) is 29.7 Å². The van der Waals surface area contributed by atoms with Crippen molar-refractivity contribution in [3.05, 3.63) is 70.2 Å². The van der Waals surface area contributed by atoms with E-state index in [9.17, 15) is 31.1 Å². The van der Waals surface area contributed by atoms with Gasteiger partial charge in [0.05, 0.1) is 27.9 Å². The molecule has 0 radical (unpaired) electrons. The molecule has 3 aromatic heterocycles. The first-order chi connectivity index (χ1) is 23.9. The van der Waals surface area contributed by atoms with Crippen LogP contribution in [0, 0.1) is 18.8 Å². The summed E-state index contributed by atoms with van der Waals surface area (Å²) in [5, 5.41) is 5.56. The van der Waals surface area contributed by atoms with E-state index in [4.69, 9.17) is 15.8 Å². The summed E-state index contributed by atoms with van der Waals surface area (Å²) >= 11 is 0. The number of alkyl halides is 6. The highest BCUT2D eigenvalue weighted by Gasteiger charge is 2.37. The SMILES string of the molecule is CC.Cc1nn(C(C)(C)C)c2nc(N(CC3CC3)CC3CC3)c(CN(Cc3cc(C(F)(F)F)cc(C(F)(F)F)c3)c3ncc(C(N)=O)cn3)cc12. The Morgan fingerprint density at radius 1 is 0.843 bits per heavy atom. The quantitative estimate of drug-likeness (QED) is 0.156. The predicted molar refractivity (Wildman–Crippen MR) is 183 cm³/mol. The zero-order valence-corrected chi connectivity index (χ0v) is 29.7. The van der Waals surface area contributed by atoms with Crippen LogP contribution in [-0.2, 0) is 31.0 Å². The molecule has 2 aliphatic carbocycles. The van der Waals surface area contributed by atoms with Crippen LogP contribution in [0.3, 0.4) is 0 Å². The maximum Gasteiger partial charge on any atom is 0.416 e. The topological polar surface area (TPSA) is 106 Å². The monoisotopic (exact) mass is 718 g/mol. The zero-order valence-electron chi connectivity index (χ0n) is 29.7. The smallest absolute Gasteiger partial charge is 0.366 e. The number of aryl methyl sites for hydroxylation is 1. The van der Waals surface area contributed by atoms with E-state index in [1.807, 2.05) is 52.3 Å². The number of anilines is 2. The Morgan fingerprint density at radius 2 is 1.37 bits per heavy atom. The lowest BCUT2D eigenvalue weighted by atomic mass is 10.0. The number of carbonyl (C=O) groups is 1. The van der Waals surface area contributed by atoms with Gasteiger partial charge in [-0.05, 0) is 95.0 Å². The molecule has 276 valence electrons. The first-order valence-corrected chi connectivity index (χ1v) is 17.2. The Bertz CT molecular complexity index is 1810. The average molecular weight is 719 g/mol. The van der Waals surface area contributed by atoms with Gasteiger partial charge in [-0.25, -0.2) is 19.6 Å². The summed E-state index contributed by atoms with van der Waals surface area (Å²) in [5.74, 6) is 0.885. The largest absolute Gasteiger partial charge is 0.416 e. The van der Waals surface area contributed by atoms with Gasteiger partial charge in [-0.15, -0.1) is 0 Å². The second-order valence-corrected chi connectivity index (χ2v) is 14.2. The van der Waals surface area contributed by atoms with Crippen LogP contribution in [0.1, 0.15) is 98.6 Å². The number of amides is 1. The van der Waals surface area contributed by atoms with Crippen molar-refractivity contribution in [2.75, 3.05) is 22.9 Å². The standard InChI is InChI=1S/C34H38F6N8O.C2H6/c1-19-27-11-23(29(44-30(27)48(45-19)32(2,3)4)46(15-20-5-6-20)16-21-7-8-21)18-47(31-42-13-24(14-43-31)28(41)49)17-22-9-25(33(35,36)37)12-26(10-22)34(38,39)40;1-2/h9-14,20-21H,5-8,15-18H2,1-4H3,(H2,41,49);1-2H3. The molecule has 0 saturated heterocycles. The van der Waals surface area contributed by atoms with Crippen molar-refractivity contribution in [1.82, 2.24) is 24.7 Å². The number of primary amides is 1. The summed E-state index contributed by atoms with van der Waals surface area (Å²) in [6.07, 6.45) is -3.28. The van der Waals surface area contributed by atoms with E-state index in [1.165, 1.54) is 17.3 Å². The van der Waals surface area contributed by atoms with Crippen molar-refractivity contribution >= 4 is 28.7 Å². The van der Waals surface area contributed by atoms with Gasteiger partial charge in [0.2, 0.25) is 5.95 Å². The molecule has 9 nitrogen and oxygen atoms in total. The van der Waals surface area contributed by atoms with Gasteiger partial charge in [-0.1, -0.05) is 13.8 Å². The third-order valence-corrected chi connectivity index (χ3v) is 8.77. The Labute approximate surface area is 293 Å². The number of nitrogens with zero attached hydrogens (tertiary/aromatic N) is 7. The fourth-order valence-electron chi connectivity index (χ4n) is 5.89. The van der Waals surface area contributed by atoms with Crippen LogP contribution in [-0.4, -0.2) is 43.7 Å². The summed E-state index contributed by atoms with van der Waals surface area (Å²) in [6, 6.07) is 3.46. The minimum atomic E-state index is -5.01. The van der Waals surface area contributed by atoms with Gasteiger partial charge in [0, 0.05) is 49.5 Å². The van der Waals surface area contributed by atoms with Gasteiger partial charge >= 0.3 is 12.4 Å². The molecule has 15 heteroatoms.